The van der Waals surface area contributed by atoms with Gasteiger partial charge in [-0.3, -0.25) is 4.79 Å². The Morgan fingerprint density at radius 3 is 1.79 bits per heavy atom. The second-order valence-electron chi connectivity index (χ2n) is 7.46. The zero-order valence-corrected chi connectivity index (χ0v) is 17.2. The lowest BCUT2D eigenvalue weighted by molar-refractivity contribution is -0.131. The molecule has 0 unspecified atom stereocenters. The van der Waals surface area contributed by atoms with E-state index in [9.17, 15) is 4.79 Å². The van der Waals surface area contributed by atoms with Gasteiger partial charge in [-0.1, -0.05) is 48.5 Å². The van der Waals surface area contributed by atoms with Crippen LogP contribution in [0.1, 0.15) is 29.2 Å². The van der Waals surface area contributed by atoms with E-state index in [2.05, 4.69) is 49.4 Å². The highest BCUT2D eigenvalue weighted by atomic mass is 16.5. The van der Waals surface area contributed by atoms with E-state index < -0.39 is 0 Å². The molecule has 0 aliphatic carbocycles. The van der Waals surface area contributed by atoms with Gasteiger partial charge in [0.15, 0.2) is 0 Å². The lowest BCUT2D eigenvalue weighted by Gasteiger charge is -2.12. The molecule has 0 aliphatic heterocycles. The number of benzene rings is 4. The summed E-state index contributed by atoms with van der Waals surface area (Å²) < 4.78 is 10.7. The molecule has 0 saturated carbocycles. The summed E-state index contributed by atoms with van der Waals surface area (Å²) in [5, 5.41) is 4.70. The number of carbonyl (C=O) groups excluding carboxylic acids is 1. The topological polar surface area (TPSA) is 35.5 Å². The fourth-order valence-electron chi connectivity index (χ4n) is 3.97. The first-order valence-corrected chi connectivity index (χ1v) is 9.73. The second kappa shape index (κ2) is 7.59. The van der Waals surface area contributed by atoms with Gasteiger partial charge >= 0.3 is 5.97 Å². The number of carbonyl (C=O) groups is 1. The molecule has 0 saturated heterocycles. The van der Waals surface area contributed by atoms with Gasteiger partial charge in [0.1, 0.15) is 11.5 Å². The Morgan fingerprint density at radius 1 is 0.759 bits per heavy atom. The standard InChI is InChI=1S/C26H24O3/c1-16-23-9-5-19(14-21(23)7-11-25(16)28-4)13-20-6-10-24-17(2)26(29-18(3)27)12-8-22(24)15-20/h5-12,14-15H,13H2,1-4H3. The Bertz CT molecular complexity index is 1240. The van der Waals surface area contributed by atoms with E-state index in [4.69, 9.17) is 9.47 Å². The van der Waals surface area contributed by atoms with Gasteiger partial charge in [0.05, 0.1) is 7.11 Å². The maximum atomic E-state index is 11.3. The maximum absolute atomic E-state index is 11.3. The molecular formula is C26H24O3. The van der Waals surface area contributed by atoms with Crippen LogP contribution in [-0.2, 0) is 11.2 Å². The summed E-state index contributed by atoms with van der Waals surface area (Å²) in [5.41, 5.74) is 4.68. The van der Waals surface area contributed by atoms with Crippen LogP contribution in [-0.4, -0.2) is 13.1 Å². The molecule has 0 aromatic heterocycles. The number of hydrogen-bond donors (Lipinski definition) is 0. The van der Waals surface area contributed by atoms with Crippen LogP contribution in [0.2, 0.25) is 0 Å². The third kappa shape index (κ3) is 3.68. The Morgan fingerprint density at radius 2 is 1.28 bits per heavy atom. The molecule has 4 rings (SSSR count). The van der Waals surface area contributed by atoms with Crippen molar-refractivity contribution in [2.24, 2.45) is 0 Å². The number of methoxy groups -OCH3 is 1. The van der Waals surface area contributed by atoms with Crippen molar-refractivity contribution in [2.75, 3.05) is 7.11 Å². The Hall–Kier alpha value is -3.33. The molecule has 3 nitrogen and oxygen atoms in total. The van der Waals surface area contributed by atoms with Gasteiger partial charge < -0.3 is 9.47 Å². The first-order chi connectivity index (χ1) is 14.0. The fraction of sp³-hybridized carbons (Fsp3) is 0.192. The second-order valence-corrected chi connectivity index (χ2v) is 7.46. The number of ether oxygens (including phenoxy) is 2. The molecular weight excluding hydrogens is 360 g/mol. The van der Waals surface area contributed by atoms with Crippen molar-refractivity contribution in [1.82, 2.24) is 0 Å². The fourth-order valence-corrected chi connectivity index (χ4v) is 3.97. The lowest BCUT2D eigenvalue weighted by Crippen LogP contribution is -2.02. The van der Waals surface area contributed by atoms with E-state index in [0.717, 1.165) is 28.5 Å². The third-order valence-corrected chi connectivity index (χ3v) is 5.49. The van der Waals surface area contributed by atoms with E-state index in [1.54, 1.807) is 7.11 Å². The van der Waals surface area contributed by atoms with Gasteiger partial charge in [0.25, 0.3) is 0 Å². The first kappa shape index (κ1) is 19.0. The highest BCUT2D eigenvalue weighted by Crippen LogP contribution is 2.30. The smallest absolute Gasteiger partial charge is 0.308 e. The third-order valence-electron chi connectivity index (χ3n) is 5.49. The van der Waals surface area contributed by atoms with Gasteiger partial charge in [-0.2, -0.15) is 0 Å². The van der Waals surface area contributed by atoms with E-state index in [-0.39, 0.29) is 5.97 Å². The molecule has 0 spiro atoms. The van der Waals surface area contributed by atoms with Crippen molar-refractivity contribution in [3.63, 3.8) is 0 Å². The molecule has 3 heteroatoms. The number of fused-ring (bicyclic) bond motifs is 2. The summed E-state index contributed by atoms with van der Waals surface area (Å²) in [6.07, 6.45) is 0.863. The summed E-state index contributed by atoms with van der Waals surface area (Å²) >= 11 is 0. The summed E-state index contributed by atoms with van der Waals surface area (Å²) in [6.45, 7) is 5.50. The van der Waals surface area contributed by atoms with Crippen molar-refractivity contribution in [3.05, 3.63) is 82.9 Å². The predicted molar refractivity (Wildman–Crippen MR) is 118 cm³/mol. The Labute approximate surface area is 170 Å². The number of esters is 1. The maximum Gasteiger partial charge on any atom is 0.308 e. The zero-order chi connectivity index (χ0) is 20.5. The highest BCUT2D eigenvalue weighted by molar-refractivity contribution is 5.90. The molecule has 0 heterocycles. The van der Waals surface area contributed by atoms with Crippen LogP contribution < -0.4 is 9.47 Å². The van der Waals surface area contributed by atoms with Gasteiger partial charge in [0.2, 0.25) is 0 Å². The van der Waals surface area contributed by atoms with Crippen molar-refractivity contribution in [3.8, 4) is 11.5 Å². The van der Waals surface area contributed by atoms with Gasteiger partial charge in [-0.25, -0.2) is 0 Å². The van der Waals surface area contributed by atoms with E-state index >= 15 is 0 Å². The molecule has 146 valence electrons. The van der Waals surface area contributed by atoms with Crippen molar-refractivity contribution in [2.45, 2.75) is 27.2 Å². The summed E-state index contributed by atoms with van der Waals surface area (Å²) in [5.74, 6) is 1.24. The molecule has 4 aromatic rings. The van der Waals surface area contributed by atoms with E-state index in [1.165, 1.54) is 34.4 Å². The molecule has 0 atom stereocenters. The van der Waals surface area contributed by atoms with Crippen molar-refractivity contribution >= 4 is 27.5 Å². The molecule has 0 fully saturated rings. The molecule has 29 heavy (non-hydrogen) atoms. The van der Waals surface area contributed by atoms with Crippen LogP contribution in [0, 0.1) is 13.8 Å². The Kier molecular flexibility index (Phi) is 4.98. The van der Waals surface area contributed by atoms with Gasteiger partial charge in [-0.05, 0) is 76.2 Å². The molecule has 0 N–H and O–H groups in total. The number of rotatable bonds is 4. The minimum absolute atomic E-state index is 0.298. The molecule has 0 amide bonds. The van der Waals surface area contributed by atoms with Crippen molar-refractivity contribution in [1.29, 1.82) is 0 Å². The monoisotopic (exact) mass is 384 g/mol. The van der Waals surface area contributed by atoms with E-state index in [0.29, 0.717) is 5.75 Å². The number of aryl methyl sites for hydroxylation is 2. The van der Waals surface area contributed by atoms with Crippen molar-refractivity contribution < 1.29 is 14.3 Å². The minimum atomic E-state index is -0.298. The quantitative estimate of drug-likeness (QED) is 0.313. The number of hydrogen-bond acceptors (Lipinski definition) is 3. The van der Waals surface area contributed by atoms with Crippen LogP contribution in [0.15, 0.2) is 60.7 Å². The van der Waals surface area contributed by atoms with Crippen LogP contribution in [0.5, 0.6) is 11.5 Å². The lowest BCUT2D eigenvalue weighted by atomic mass is 9.96. The average Bonchev–Trinajstić information content (AvgIpc) is 2.70. The van der Waals surface area contributed by atoms with Crippen LogP contribution in [0.3, 0.4) is 0 Å². The predicted octanol–water partition coefficient (Wildman–Crippen LogP) is 6.13. The summed E-state index contributed by atoms with van der Waals surface area (Å²) in [4.78, 5) is 11.3. The normalized spacial score (nSPS) is 11.0. The van der Waals surface area contributed by atoms with Gasteiger partial charge in [-0.15, -0.1) is 0 Å². The average molecular weight is 384 g/mol. The van der Waals surface area contributed by atoms with E-state index in [1.807, 2.05) is 25.1 Å². The SMILES string of the molecule is COc1ccc2cc(Cc3ccc4c(C)c(OC(C)=O)ccc4c3)ccc2c1C. The molecule has 0 radical (unpaired) electrons. The molecule has 0 bridgehead atoms. The highest BCUT2D eigenvalue weighted by Gasteiger charge is 2.09. The molecule has 0 aliphatic rings. The van der Waals surface area contributed by atoms with Gasteiger partial charge in [0, 0.05) is 6.92 Å². The van der Waals surface area contributed by atoms with Crippen LogP contribution in [0.4, 0.5) is 0 Å². The zero-order valence-electron chi connectivity index (χ0n) is 17.2. The first-order valence-electron chi connectivity index (χ1n) is 9.73. The summed E-state index contributed by atoms with van der Waals surface area (Å²) in [7, 11) is 1.71. The minimum Gasteiger partial charge on any atom is -0.496 e. The van der Waals surface area contributed by atoms with Crippen LogP contribution >= 0.6 is 0 Å². The van der Waals surface area contributed by atoms with Crippen LogP contribution in [0.25, 0.3) is 21.5 Å². The molecule has 4 aromatic carbocycles. The summed E-state index contributed by atoms with van der Waals surface area (Å²) in [6, 6.07) is 21.1. The Balaban J connectivity index is 1.66. The largest absolute Gasteiger partial charge is 0.496 e.